The Morgan fingerprint density at radius 2 is 0.773 bits per heavy atom. The molecule has 0 spiro atoms. The lowest BCUT2D eigenvalue weighted by atomic mass is 9.94. The minimum Gasteiger partial charge on any atom is -0.113 e. The lowest BCUT2D eigenvalue weighted by Gasteiger charge is -2.19. The summed E-state index contributed by atoms with van der Waals surface area (Å²) in [7, 11) is 0. The van der Waals surface area contributed by atoms with Gasteiger partial charge >= 0.3 is 0 Å². The van der Waals surface area contributed by atoms with Gasteiger partial charge in [-0.3, -0.25) is 0 Å². The van der Waals surface area contributed by atoms with Crippen LogP contribution in [0.4, 0.5) is 0 Å². The summed E-state index contributed by atoms with van der Waals surface area (Å²) in [6.07, 6.45) is 0. The number of rotatable bonds is 4. The quantitative estimate of drug-likeness (QED) is 0.490. The Hall–Kier alpha value is -1.76. The molecule has 22 heavy (non-hydrogen) atoms. The first kappa shape index (κ1) is 15.1. The summed E-state index contributed by atoms with van der Waals surface area (Å²) >= 11 is 13.4. The lowest BCUT2D eigenvalue weighted by molar-refractivity contribution is 1.04. The van der Waals surface area contributed by atoms with E-state index in [-0.39, 0.29) is 10.8 Å². The highest BCUT2D eigenvalue weighted by molar-refractivity contribution is 6.24. The van der Waals surface area contributed by atoms with Crippen molar-refractivity contribution in [2.75, 3.05) is 0 Å². The van der Waals surface area contributed by atoms with E-state index in [0.717, 1.165) is 22.3 Å². The Balaban J connectivity index is 2.00. The average Bonchev–Trinajstić information content (AvgIpc) is 2.62. The molecule has 0 aliphatic carbocycles. The van der Waals surface area contributed by atoms with Gasteiger partial charge in [-0.05, 0) is 22.3 Å². The van der Waals surface area contributed by atoms with E-state index in [9.17, 15) is 0 Å². The van der Waals surface area contributed by atoms with Crippen LogP contribution in [0.2, 0.25) is 0 Å². The van der Waals surface area contributed by atoms with Crippen LogP contribution in [0.1, 0.15) is 33.0 Å². The monoisotopic (exact) mass is 326 g/mol. The third kappa shape index (κ3) is 3.19. The molecule has 0 fully saturated rings. The minimum absolute atomic E-state index is 0.206. The summed E-state index contributed by atoms with van der Waals surface area (Å²) in [5.41, 5.74) is 4.26. The van der Waals surface area contributed by atoms with Crippen LogP contribution in [-0.4, -0.2) is 0 Å². The predicted molar refractivity (Wildman–Crippen MR) is 94.7 cm³/mol. The van der Waals surface area contributed by atoms with E-state index in [2.05, 4.69) is 12.1 Å². The van der Waals surface area contributed by atoms with E-state index >= 15 is 0 Å². The lowest BCUT2D eigenvalue weighted by Crippen LogP contribution is -2.02. The number of benzene rings is 3. The highest BCUT2D eigenvalue weighted by Crippen LogP contribution is 2.38. The molecule has 3 rings (SSSR count). The molecule has 0 aliphatic heterocycles. The largest absolute Gasteiger partial charge is 0.113 e. The van der Waals surface area contributed by atoms with E-state index in [1.165, 1.54) is 0 Å². The van der Waals surface area contributed by atoms with Gasteiger partial charge in [-0.25, -0.2) is 0 Å². The van der Waals surface area contributed by atoms with Gasteiger partial charge in [-0.15, -0.1) is 23.2 Å². The van der Waals surface area contributed by atoms with Crippen LogP contribution in [0.25, 0.3) is 0 Å². The Bertz CT molecular complexity index is 658. The summed E-state index contributed by atoms with van der Waals surface area (Å²) in [6.45, 7) is 0. The first-order valence-electron chi connectivity index (χ1n) is 7.24. The van der Waals surface area contributed by atoms with E-state index in [1.807, 2.05) is 72.8 Å². The molecular formula is C20H16Cl2. The van der Waals surface area contributed by atoms with Crippen LogP contribution in [0.5, 0.6) is 0 Å². The molecule has 0 amide bonds. The Labute approximate surface area is 141 Å². The van der Waals surface area contributed by atoms with Crippen LogP contribution < -0.4 is 0 Å². The molecule has 0 aromatic heterocycles. The topological polar surface area (TPSA) is 0 Å². The third-order valence-corrected chi connectivity index (χ3v) is 4.70. The zero-order valence-electron chi connectivity index (χ0n) is 12.0. The first-order chi connectivity index (χ1) is 10.8. The maximum Gasteiger partial charge on any atom is 0.0838 e. The summed E-state index contributed by atoms with van der Waals surface area (Å²) < 4.78 is 0. The molecule has 2 atom stereocenters. The predicted octanol–water partition coefficient (Wildman–Crippen LogP) is 6.34. The molecule has 3 aromatic carbocycles. The van der Waals surface area contributed by atoms with Gasteiger partial charge in [-0.1, -0.05) is 84.9 Å². The van der Waals surface area contributed by atoms with Crippen LogP contribution in [0.3, 0.4) is 0 Å². The SMILES string of the molecule is ClC(c1ccccc1)c1ccccc1C(Cl)c1ccccc1. The number of hydrogen-bond acceptors (Lipinski definition) is 0. The van der Waals surface area contributed by atoms with Crippen molar-refractivity contribution in [1.82, 2.24) is 0 Å². The molecule has 3 aromatic rings. The van der Waals surface area contributed by atoms with Gasteiger partial charge in [0.25, 0.3) is 0 Å². The third-order valence-electron chi connectivity index (χ3n) is 3.73. The van der Waals surface area contributed by atoms with Crippen molar-refractivity contribution in [3.05, 3.63) is 107 Å². The number of halogens is 2. The second-order valence-electron chi connectivity index (χ2n) is 5.18. The molecule has 110 valence electrons. The van der Waals surface area contributed by atoms with Crippen LogP contribution in [0.15, 0.2) is 84.9 Å². The molecule has 2 unspecified atom stereocenters. The van der Waals surface area contributed by atoms with Crippen molar-refractivity contribution in [3.8, 4) is 0 Å². The van der Waals surface area contributed by atoms with Crippen LogP contribution in [0, 0.1) is 0 Å². The van der Waals surface area contributed by atoms with Crippen molar-refractivity contribution >= 4 is 23.2 Å². The Morgan fingerprint density at radius 3 is 1.14 bits per heavy atom. The Morgan fingerprint density at radius 1 is 0.455 bits per heavy atom. The summed E-state index contributed by atoms with van der Waals surface area (Å²) in [4.78, 5) is 0. The molecule has 0 aliphatic rings. The van der Waals surface area contributed by atoms with Gasteiger partial charge < -0.3 is 0 Å². The van der Waals surface area contributed by atoms with Crippen molar-refractivity contribution in [2.24, 2.45) is 0 Å². The molecule has 0 N–H and O–H groups in total. The second kappa shape index (κ2) is 7.00. The summed E-state index contributed by atoms with van der Waals surface area (Å²) in [5.74, 6) is 0. The van der Waals surface area contributed by atoms with E-state index in [0.29, 0.717) is 0 Å². The molecule has 0 heterocycles. The smallest absolute Gasteiger partial charge is 0.0838 e. The zero-order chi connectivity index (χ0) is 15.4. The summed E-state index contributed by atoms with van der Waals surface area (Å²) in [6, 6.07) is 28.3. The molecule has 0 radical (unpaired) electrons. The minimum atomic E-state index is -0.206. The normalized spacial score (nSPS) is 13.5. The molecule has 2 heteroatoms. The molecule has 0 saturated carbocycles. The van der Waals surface area contributed by atoms with E-state index in [1.54, 1.807) is 0 Å². The van der Waals surface area contributed by atoms with Crippen LogP contribution >= 0.6 is 23.2 Å². The molecule has 0 bridgehead atoms. The maximum absolute atomic E-state index is 6.71. The van der Waals surface area contributed by atoms with Gasteiger partial charge in [0.2, 0.25) is 0 Å². The van der Waals surface area contributed by atoms with Gasteiger partial charge in [-0.2, -0.15) is 0 Å². The fourth-order valence-electron chi connectivity index (χ4n) is 2.58. The van der Waals surface area contributed by atoms with Gasteiger partial charge in [0.15, 0.2) is 0 Å². The van der Waals surface area contributed by atoms with Crippen molar-refractivity contribution in [2.45, 2.75) is 10.8 Å². The number of hydrogen-bond donors (Lipinski definition) is 0. The highest BCUT2D eigenvalue weighted by Gasteiger charge is 2.19. The Kier molecular flexibility index (Phi) is 4.82. The van der Waals surface area contributed by atoms with Gasteiger partial charge in [0.05, 0.1) is 10.8 Å². The van der Waals surface area contributed by atoms with Gasteiger partial charge in [0.1, 0.15) is 0 Å². The van der Waals surface area contributed by atoms with Crippen molar-refractivity contribution in [3.63, 3.8) is 0 Å². The van der Waals surface area contributed by atoms with Gasteiger partial charge in [0, 0.05) is 0 Å². The summed E-state index contributed by atoms with van der Waals surface area (Å²) in [5, 5.41) is -0.412. The standard InChI is InChI=1S/C20H16Cl2/c21-19(15-9-3-1-4-10-15)17-13-7-8-14-18(17)20(22)16-11-5-2-6-12-16/h1-14,19-20H. The fourth-order valence-corrected chi connectivity index (χ4v) is 3.26. The number of alkyl halides is 2. The fraction of sp³-hybridized carbons (Fsp3) is 0.100. The zero-order valence-corrected chi connectivity index (χ0v) is 13.5. The average molecular weight is 327 g/mol. The molecule has 0 nitrogen and oxygen atoms in total. The van der Waals surface area contributed by atoms with Crippen LogP contribution in [-0.2, 0) is 0 Å². The second-order valence-corrected chi connectivity index (χ2v) is 6.05. The van der Waals surface area contributed by atoms with E-state index in [4.69, 9.17) is 23.2 Å². The first-order valence-corrected chi connectivity index (χ1v) is 8.11. The van der Waals surface area contributed by atoms with Crippen molar-refractivity contribution < 1.29 is 0 Å². The molecule has 0 saturated heterocycles. The van der Waals surface area contributed by atoms with E-state index < -0.39 is 0 Å². The van der Waals surface area contributed by atoms with Crippen molar-refractivity contribution in [1.29, 1.82) is 0 Å². The highest BCUT2D eigenvalue weighted by atomic mass is 35.5. The maximum atomic E-state index is 6.71. The molecular weight excluding hydrogens is 311 g/mol.